The van der Waals surface area contributed by atoms with Gasteiger partial charge in [-0.2, -0.15) is 0 Å². The van der Waals surface area contributed by atoms with Gasteiger partial charge in [0.15, 0.2) is 11.4 Å². The summed E-state index contributed by atoms with van der Waals surface area (Å²) in [7, 11) is 0. The molecule has 2 rings (SSSR count). The molecule has 0 fully saturated rings. The van der Waals surface area contributed by atoms with Gasteiger partial charge in [-0.3, -0.25) is 14.4 Å². The van der Waals surface area contributed by atoms with E-state index in [0.717, 1.165) is 38.5 Å². The highest BCUT2D eigenvalue weighted by Gasteiger charge is 2.44. The molecule has 1 aromatic rings. The van der Waals surface area contributed by atoms with Crippen molar-refractivity contribution in [2.45, 2.75) is 90.2 Å². The molecule has 0 aliphatic carbocycles. The maximum absolute atomic E-state index is 12.8. The number of hydrogen-bond donors (Lipinski definition) is 2. The number of ketones is 1. The van der Waals surface area contributed by atoms with Gasteiger partial charge in [0.2, 0.25) is 11.7 Å². The van der Waals surface area contributed by atoms with Gasteiger partial charge in [0.1, 0.15) is 0 Å². The molecule has 0 saturated carbocycles. The first-order valence-electron chi connectivity index (χ1n) is 15.7. The van der Waals surface area contributed by atoms with Gasteiger partial charge in [0.25, 0.3) is 5.91 Å². The molecule has 0 bridgehead atoms. The Bertz CT molecular complexity index is 1260. The van der Waals surface area contributed by atoms with Crippen molar-refractivity contribution in [2.75, 3.05) is 6.54 Å². The lowest BCUT2D eigenvalue weighted by molar-refractivity contribution is -0.133. The molecule has 1 atom stereocenters. The normalized spacial score (nSPS) is 17.5. The van der Waals surface area contributed by atoms with Crippen LogP contribution < -0.4 is 10.6 Å². The number of hydrogen-bond acceptors (Lipinski definition) is 4. The lowest BCUT2D eigenvalue weighted by Gasteiger charge is -2.28. The van der Waals surface area contributed by atoms with Crippen molar-refractivity contribution in [1.82, 2.24) is 10.6 Å². The van der Waals surface area contributed by atoms with Crippen LogP contribution in [0.3, 0.4) is 0 Å². The van der Waals surface area contributed by atoms with E-state index in [1.165, 1.54) is 6.08 Å². The number of rotatable bonds is 19. The zero-order valence-corrected chi connectivity index (χ0v) is 26.9. The average molecular weight is 599 g/mol. The van der Waals surface area contributed by atoms with Crippen molar-refractivity contribution in [2.24, 2.45) is 0 Å². The molecule has 2 N–H and O–H groups in total. The monoisotopic (exact) mass is 598 g/mol. The van der Waals surface area contributed by atoms with E-state index in [1.54, 1.807) is 19.1 Å². The smallest absolute Gasteiger partial charge is 0.287 e. The molecule has 1 aliphatic rings. The third kappa shape index (κ3) is 13.9. The summed E-state index contributed by atoms with van der Waals surface area (Å²) in [5.41, 5.74) is -1.28. The molecule has 6 nitrogen and oxygen atoms in total. The molecule has 1 aliphatic heterocycles. The fraction of sp³-hybridized carbons (Fsp3) is 0.395. The standard InChI is InChI=1S/C38H50N2O4/c1-5-6-7-8-9-10-11-12-13-14-15-16-17-18-19-20-21-22-26-29-35(42)39-31-37(2,3)40-36(43)33-30-34(41)38(4,44-33)32-27-24-23-25-28-32/h6-7,9-10,12-13,15-16,18-19,21-25,27-28,30H,5,8,11,14,17,20,26,29,31H2,1-4H3,(H,39,42)(H,40,43). The predicted molar refractivity (Wildman–Crippen MR) is 181 cm³/mol. The van der Waals surface area contributed by atoms with Gasteiger partial charge < -0.3 is 15.4 Å². The average Bonchev–Trinajstić information content (AvgIpc) is 3.32. The number of nitrogens with one attached hydrogen (secondary N) is 2. The molecule has 0 aromatic heterocycles. The van der Waals surface area contributed by atoms with Crippen LogP contribution in [0.5, 0.6) is 0 Å². The van der Waals surface area contributed by atoms with Gasteiger partial charge in [0, 0.05) is 24.6 Å². The van der Waals surface area contributed by atoms with Crippen LogP contribution in [-0.2, 0) is 24.7 Å². The minimum absolute atomic E-state index is 0.0293. The summed E-state index contributed by atoms with van der Waals surface area (Å²) in [4.78, 5) is 37.8. The van der Waals surface area contributed by atoms with E-state index in [-0.39, 0.29) is 24.0 Å². The number of amides is 2. The van der Waals surface area contributed by atoms with Gasteiger partial charge in [-0.25, -0.2) is 0 Å². The summed E-state index contributed by atoms with van der Waals surface area (Å²) in [6.07, 6.45) is 33.9. The fourth-order valence-corrected chi connectivity index (χ4v) is 4.30. The van der Waals surface area contributed by atoms with Crippen molar-refractivity contribution in [3.8, 4) is 0 Å². The number of carbonyl (C=O) groups excluding carboxylic acids is 3. The third-order valence-electron chi connectivity index (χ3n) is 6.91. The van der Waals surface area contributed by atoms with Crippen molar-refractivity contribution in [3.63, 3.8) is 0 Å². The van der Waals surface area contributed by atoms with Gasteiger partial charge in [0.05, 0.1) is 5.54 Å². The van der Waals surface area contributed by atoms with Crippen LogP contribution in [0.15, 0.2) is 115 Å². The fourth-order valence-electron chi connectivity index (χ4n) is 4.30. The summed E-state index contributed by atoms with van der Waals surface area (Å²) in [6.45, 7) is 7.67. The topological polar surface area (TPSA) is 84.5 Å². The maximum atomic E-state index is 12.8. The molecule has 44 heavy (non-hydrogen) atoms. The highest BCUT2D eigenvalue weighted by atomic mass is 16.5. The number of ether oxygens (including phenoxy) is 1. The second-order valence-corrected chi connectivity index (χ2v) is 11.4. The maximum Gasteiger partial charge on any atom is 0.287 e. The van der Waals surface area contributed by atoms with Gasteiger partial charge in [-0.1, -0.05) is 110 Å². The van der Waals surface area contributed by atoms with Crippen LogP contribution in [0.25, 0.3) is 0 Å². The van der Waals surface area contributed by atoms with E-state index in [4.69, 9.17) is 4.74 Å². The molecule has 6 heteroatoms. The molecule has 1 heterocycles. The number of allylic oxidation sites excluding steroid dienone is 12. The first-order chi connectivity index (χ1) is 21.2. The van der Waals surface area contributed by atoms with Crippen LogP contribution >= 0.6 is 0 Å². The van der Waals surface area contributed by atoms with E-state index in [9.17, 15) is 14.4 Å². The Balaban J connectivity index is 1.57. The lowest BCUT2D eigenvalue weighted by atomic mass is 9.92. The van der Waals surface area contributed by atoms with Crippen molar-refractivity contribution in [1.29, 1.82) is 0 Å². The third-order valence-corrected chi connectivity index (χ3v) is 6.91. The Kier molecular flexibility index (Phi) is 16.3. The van der Waals surface area contributed by atoms with Crippen LogP contribution in [0.1, 0.15) is 84.6 Å². The van der Waals surface area contributed by atoms with E-state index in [2.05, 4.69) is 84.4 Å². The van der Waals surface area contributed by atoms with Gasteiger partial charge >= 0.3 is 0 Å². The minimum atomic E-state index is -1.23. The minimum Gasteiger partial charge on any atom is -0.469 e. The molecule has 236 valence electrons. The van der Waals surface area contributed by atoms with Crippen LogP contribution in [-0.4, -0.2) is 29.7 Å². The Morgan fingerprint density at radius 3 is 1.82 bits per heavy atom. The van der Waals surface area contributed by atoms with E-state index >= 15 is 0 Å². The first kappa shape index (κ1) is 36.0. The highest BCUT2D eigenvalue weighted by molar-refractivity contribution is 6.07. The van der Waals surface area contributed by atoms with Gasteiger partial charge in [-0.15, -0.1) is 0 Å². The largest absolute Gasteiger partial charge is 0.469 e. The SMILES string of the molecule is CCC=CCC=CCC=CCC=CCC=CCC=CCCC(=O)NCC(C)(C)NC(=O)C1=CC(=O)C(C)(c2ccccc2)O1. The molecule has 1 aromatic carbocycles. The molecule has 0 radical (unpaired) electrons. The van der Waals surface area contributed by atoms with Crippen LogP contribution in [0.2, 0.25) is 0 Å². The molecule has 2 amide bonds. The second kappa shape index (κ2) is 19.9. The quantitative estimate of drug-likeness (QED) is 0.159. The Hall–Kier alpha value is -4.19. The van der Waals surface area contributed by atoms with Gasteiger partial charge in [-0.05, 0) is 65.7 Å². The second-order valence-electron chi connectivity index (χ2n) is 11.4. The predicted octanol–water partition coefficient (Wildman–Crippen LogP) is 7.87. The zero-order chi connectivity index (χ0) is 32.1. The highest BCUT2D eigenvalue weighted by Crippen LogP contribution is 2.34. The number of benzene rings is 1. The van der Waals surface area contributed by atoms with Crippen molar-refractivity contribution in [3.05, 3.63) is 121 Å². The zero-order valence-electron chi connectivity index (χ0n) is 26.9. The molecular formula is C38H50N2O4. The first-order valence-corrected chi connectivity index (χ1v) is 15.7. The summed E-state index contributed by atoms with van der Waals surface area (Å²) in [5.74, 6) is -0.891. The van der Waals surface area contributed by atoms with Crippen molar-refractivity contribution >= 4 is 17.6 Å². The van der Waals surface area contributed by atoms with Crippen molar-refractivity contribution < 1.29 is 19.1 Å². The van der Waals surface area contributed by atoms with E-state index in [1.807, 2.05) is 38.1 Å². The summed E-state index contributed by atoms with van der Waals surface area (Å²) in [5, 5.41) is 5.74. The Morgan fingerprint density at radius 2 is 1.30 bits per heavy atom. The molecular weight excluding hydrogens is 548 g/mol. The molecule has 0 saturated heterocycles. The van der Waals surface area contributed by atoms with Crippen LogP contribution in [0.4, 0.5) is 0 Å². The molecule has 0 spiro atoms. The lowest BCUT2D eigenvalue weighted by Crippen LogP contribution is -2.52. The van der Waals surface area contributed by atoms with Crippen LogP contribution in [0, 0.1) is 0 Å². The summed E-state index contributed by atoms with van der Waals surface area (Å²) < 4.78 is 5.82. The van der Waals surface area contributed by atoms with E-state index in [0.29, 0.717) is 18.4 Å². The Labute approximate surface area is 264 Å². The van der Waals surface area contributed by atoms with E-state index < -0.39 is 17.0 Å². The summed E-state index contributed by atoms with van der Waals surface area (Å²) in [6, 6.07) is 9.10. The summed E-state index contributed by atoms with van der Waals surface area (Å²) >= 11 is 0. The molecule has 1 unspecified atom stereocenters. The Morgan fingerprint density at radius 1 is 0.795 bits per heavy atom. The number of carbonyl (C=O) groups is 3.